The van der Waals surface area contributed by atoms with E-state index < -0.39 is 21.8 Å². The molecule has 2 rings (SSSR count). The minimum Gasteiger partial charge on any atom is -0.502 e. The van der Waals surface area contributed by atoms with Crippen LogP contribution in [0.15, 0.2) is 17.0 Å². The summed E-state index contributed by atoms with van der Waals surface area (Å²) in [4.78, 5) is 13.8. The molecule has 25 heavy (non-hydrogen) atoms. The molecule has 136 valence electrons. The average molecular weight is 405 g/mol. The molecule has 1 aliphatic heterocycles. The first-order valence-electron chi connectivity index (χ1n) is 6.81. The molecule has 0 saturated carbocycles. The van der Waals surface area contributed by atoms with Crippen LogP contribution in [0.1, 0.15) is 5.56 Å². The number of hydrogen-bond donors (Lipinski definition) is 2. The number of hydrogen-bond acceptors (Lipinski definition) is 8. The van der Waals surface area contributed by atoms with E-state index >= 15 is 0 Å². The molecule has 1 saturated heterocycles. The normalized spacial score (nSPS) is 16.6. The van der Waals surface area contributed by atoms with Crippen LogP contribution in [0.4, 0.5) is 0 Å². The largest absolute Gasteiger partial charge is 0.502 e. The predicted octanol–water partition coefficient (Wildman–Crippen LogP) is 1.50. The number of carbonyl (C=O) groups excluding carboxylic acids is 1. The number of thiocarbonyl (C=S) groups is 1. The van der Waals surface area contributed by atoms with E-state index in [9.17, 15) is 18.3 Å². The first-order valence-corrected chi connectivity index (χ1v) is 9.65. The molecule has 0 radical (unpaired) electrons. The number of aromatic hydroxyl groups is 1. The maximum atomic E-state index is 12.4. The molecule has 1 aromatic rings. The quantitative estimate of drug-likeness (QED) is 0.413. The Balaban J connectivity index is 2.30. The first kappa shape index (κ1) is 19.5. The monoisotopic (exact) mass is 405 g/mol. The summed E-state index contributed by atoms with van der Waals surface area (Å²) in [5, 5.41) is 9.90. The Hall–Kier alpha value is -1.82. The van der Waals surface area contributed by atoms with Crippen molar-refractivity contribution in [3.8, 4) is 17.2 Å². The van der Waals surface area contributed by atoms with Crippen molar-refractivity contribution in [2.45, 2.75) is 0 Å². The summed E-state index contributed by atoms with van der Waals surface area (Å²) in [5.74, 6) is -0.888. The highest BCUT2D eigenvalue weighted by Gasteiger charge is 2.32. The third-order valence-corrected chi connectivity index (χ3v) is 5.32. The van der Waals surface area contributed by atoms with Gasteiger partial charge >= 0.3 is 0 Å². The number of phenolic OH excluding ortho intramolecular Hbond substituents is 1. The Morgan fingerprint density at radius 3 is 2.32 bits per heavy atom. The van der Waals surface area contributed by atoms with Crippen LogP contribution in [0.25, 0.3) is 6.08 Å². The second-order valence-electron chi connectivity index (χ2n) is 4.89. The third kappa shape index (κ3) is 4.63. The standard InChI is InChI=1S/C14H15NO7S3/c1-21-9-5-8(6-10(22-2)12(9)16)7-11-13(17)15(14(23)24-11)3-4-25(18,19)20/h5-7,16H,3-4H2,1-2H3,(H,18,19,20)/b11-7-. The lowest BCUT2D eigenvalue weighted by molar-refractivity contribution is -0.121. The van der Waals surface area contributed by atoms with Crippen LogP contribution in [0.3, 0.4) is 0 Å². The second kappa shape index (κ2) is 7.60. The van der Waals surface area contributed by atoms with E-state index in [2.05, 4.69) is 0 Å². The molecule has 0 aromatic heterocycles. The summed E-state index contributed by atoms with van der Waals surface area (Å²) in [6.45, 7) is -0.233. The summed E-state index contributed by atoms with van der Waals surface area (Å²) in [7, 11) is -1.44. The van der Waals surface area contributed by atoms with Crippen LogP contribution in [0, 0.1) is 0 Å². The van der Waals surface area contributed by atoms with E-state index in [0.29, 0.717) is 5.56 Å². The van der Waals surface area contributed by atoms with Gasteiger partial charge in [0.2, 0.25) is 5.75 Å². The zero-order valence-electron chi connectivity index (χ0n) is 13.3. The Morgan fingerprint density at radius 1 is 1.28 bits per heavy atom. The Labute approximate surface area is 154 Å². The summed E-state index contributed by atoms with van der Waals surface area (Å²) < 4.78 is 40.8. The molecule has 1 amide bonds. The van der Waals surface area contributed by atoms with E-state index in [4.69, 9.17) is 26.2 Å². The van der Waals surface area contributed by atoms with Crippen molar-refractivity contribution in [3.63, 3.8) is 0 Å². The van der Waals surface area contributed by atoms with Gasteiger partial charge in [0.05, 0.1) is 24.9 Å². The highest BCUT2D eigenvalue weighted by molar-refractivity contribution is 8.26. The van der Waals surface area contributed by atoms with Crippen LogP contribution < -0.4 is 9.47 Å². The smallest absolute Gasteiger partial charge is 0.266 e. The van der Waals surface area contributed by atoms with Crippen LogP contribution in [-0.4, -0.2) is 59.7 Å². The molecule has 0 unspecified atom stereocenters. The van der Waals surface area contributed by atoms with Gasteiger partial charge in [0.1, 0.15) is 4.32 Å². The fourth-order valence-corrected chi connectivity index (χ4v) is 3.77. The number of rotatable bonds is 6. The molecular weight excluding hydrogens is 390 g/mol. The van der Waals surface area contributed by atoms with E-state index in [1.165, 1.54) is 32.4 Å². The minimum absolute atomic E-state index is 0.164. The number of thioether (sulfide) groups is 1. The number of benzene rings is 1. The zero-order chi connectivity index (χ0) is 18.8. The number of carbonyl (C=O) groups is 1. The third-order valence-electron chi connectivity index (χ3n) is 3.25. The van der Waals surface area contributed by atoms with Gasteiger partial charge in [-0.1, -0.05) is 24.0 Å². The Kier molecular flexibility index (Phi) is 5.93. The highest BCUT2D eigenvalue weighted by atomic mass is 32.2. The predicted molar refractivity (Wildman–Crippen MR) is 97.5 cm³/mol. The Bertz CT molecular complexity index is 823. The van der Waals surface area contributed by atoms with Gasteiger partial charge in [-0.25, -0.2) is 0 Å². The SMILES string of the molecule is COc1cc(/C=C2\SC(=S)N(CCS(=O)(=O)O)C2=O)cc(OC)c1O. The fourth-order valence-electron chi connectivity index (χ4n) is 2.05. The number of nitrogens with zero attached hydrogens (tertiary/aromatic N) is 1. The van der Waals surface area contributed by atoms with Crippen LogP contribution >= 0.6 is 24.0 Å². The zero-order valence-corrected chi connectivity index (χ0v) is 15.7. The van der Waals surface area contributed by atoms with Gasteiger partial charge in [-0.15, -0.1) is 0 Å². The van der Waals surface area contributed by atoms with Crippen molar-refractivity contribution in [1.82, 2.24) is 4.90 Å². The molecule has 1 fully saturated rings. The molecule has 8 nitrogen and oxygen atoms in total. The molecule has 0 aliphatic carbocycles. The van der Waals surface area contributed by atoms with Crippen molar-refractivity contribution < 1.29 is 32.3 Å². The van der Waals surface area contributed by atoms with Gasteiger partial charge in [-0.3, -0.25) is 14.2 Å². The lowest BCUT2D eigenvalue weighted by Crippen LogP contribution is -2.32. The number of methoxy groups -OCH3 is 2. The molecule has 2 N–H and O–H groups in total. The topological polar surface area (TPSA) is 113 Å². The van der Waals surface area contributed by atoms with Gasteiger partial charge in [0.15, 0.2) is 11.5 Å². The molecule has 0 spiro atoms. The summed E-state index contributed by atoms with van der Waals surface area (Å²) in [5.41, 5.74) is 0.529. The van der Waals surface area contributed by atoms with Gasteiger partial charge in [0.25, 0.3) is 16.0 Å². The lowest BCUT2D eigenvalue weighted by atomic mass is 10.1. The van der Waals surface area contributed by atoms with Crippen molar-refractivity contribution in [2.75, 3.05) is 26.5 Å². The van der Waals surface area contributed by atoms with Gasteiger partial charge in [0, 0.05) is 6.54 Å². The summed E-state index contributed by atoms with van der Waals surface area (Å²) in [6.07, 6.45) is 1.53. The van der Waals surface area contributed by atoms with Crippen molar-refractivity contribution in [1.29, 1.82) is 0 Å². The molecule has 1 aliphatic rings. The number of ether oxygens (including phenoxy) is 2. The summed E-state index contributed by atoms with van der Waals surface area (Å²) in [6, 6.07) is 3.03. The Morgan fingerprint density at radius 2 is 1.84 bits per heavy atom. The van der Waals surface area contributed by atoms with E-state index in [1.807, 2.05) is 0 Å². The average Bonchev–Trinajstić information content (AvgIpc) is 2.80. The molecular formula is C14H15NO7S3. The molecule has 1 heterocycles. The lowest BCUT2D eigenvalue weighted by Gasteiger charge is -2.12. The second-order valence-corrected chi connectivity index (χ2v) is 8.14. The maximum absolute atomic E-state index is 12.4. The number of phenols is 1. The minimum atomic E-state index is -4.20. The van der Waals surface area contributed by atoms with Crippen LogP contribution in [0.2, 0.25) is 0 Å². The molecule has 1 aromatic carbocycles. The molecule has 11 heteroatoms. The van der Waals surface area contributed by atoms with Crippen LogP contribution in [-0.2, 0) is 14.9 Å². The fraction of sp³-hybridized carbons (Fsp3) is 0.286. The molecule has 0 bridgehead atoms. The maximum Gasteiger partial charge on any atom is 0.266 e. The van der Waals surface area contributed by atoms with Crippen molar-refractivity contribution >= 4 is 50.4 Å². The van der Waals surface area contributed by atoms with Gasteiger partial charge in [-0.05, 0) is 23.8 Å². The first-order chi connectivity index (χ1) is 11.7. The van der Waals surface area contributed by atoms with Crippen LogP contribution in [0.5, 0.6) is 17.2 Å². The van der Waals surface area contributed by atoms with Crippen molar-refractivity contribution in [3.05, 3.63) is 22.6 Å². The highest BCUT2D eigenvalue weighted by Crippen LogP contribution is 2.39. The van der Waals surface area contributed by atoms with Gasteiger partial charge < -0.3 is 14.6 Å². The number of amides is 1. The summed E-state index contributed by atoms with van der Waals surface area (Å²) >= 11 is 6.09. The van der Waals surface area contributed by atoms with Crippen molar-refractivity contribution in [2.24, 2.45) is 0 Å². The van der Waals surface area contributed by atoms with E-state index in [0.717, 1.165) is 16.7 Å². The van der Waals surface area contributed by atoms with E-state index in [1.54, 1.807) is 0 Å². The van der Waals surface area contributed by atoms with Gasteiger partial charge in [-0.2, -0.15) is 8.42 Å². The molecule has 0 atom stereocenters. The van der Waals surface area contributed by atoms with E-state index in [-0.39, 0.29) is 33.0 Å².